The number of carbonyl (C=O) groups is 3. The summed E-state index contributed by atoms with van der Waals surface area (Å²) < 4.78 is 5.26. The van der Waals surface area contributed by atoms with Crippen LogP contribution < -0.4 is 4.74 Å². The molecule has 0 unspecified atom stereocenters. The van der Waals surface area contributed by atoms with E-state index in [-0.39, 0.29) is 22.1 Å². The highest BCUT2D eigenvalue weighted by atomic mass is 32.2. The van der Waals surface area contributed by atoms with Crippen molar-refractivity contribution in [3.8, 4) is 5.75 Å². The van der Waals surface area contributed by atoms with E-state index in [1.54, 1.807) is 31.4 Å². The van der Waals surface area contributed by atoms with Crippen LogP contribution in [0.25, 0.3) is 17.0 Å². The Kier molecular flexibility index (Phi) is 6.14. The van der Waals surface area contributed by atoms with Crippen LogP contribution in [-0.2, 0) is 14.4 Å². The topological polar surface area (TPSA) is 117 Å². The van der Waals surface area contributed by atoms with E-state index in [2.05, 4.69) is 4.98 Å². The number of aromatic nitrogens is 1. The Labute approximate surface area is 175 Å². The van der Waals surface area contributed by atoms with E-state index in [0.29, 0.717) is 17.0 Å². The van der Waals surface area contributed by atoms with Gasteiger partial charge in [0.15, 0.2) is 0 Å². The van der Waals surface area contributed by atoms with Gasteiger partial charge in [0.1, 0.15) is 16.1 Å². The number of carbonyl (C=O) groups excluding carboxylic acids is 1. The number of carboxylic acids is 2. The normalized spacial score (nSPS) is 16.4. The van der Waals surface area contributed by atoms with Crippen LogP contribution in [0, 0.1) is 0 Å². The lowest BCUT2D eigenvalue weighted by molar-refractivity contribution is -0.146. The van der Waals surface area contributed by atoms with Crippen molar-refractivity contribution in [1.82, 2.24) is 9.88 Å². The Balaban J connectivity index is 1.87. The van der Waals surface area contributed by atoms with Crippen LogP contribution in [0.3, 0.4) is 0 Å². The number of amides is 1. The van der Waals surface area contributed by atoms with Crippen molar-refractivity contribution < 1.29 is 29.3 Å². The summed E-state index contributed by atoms with van der Waals surface area (Å²) in [4.78, 5) is 40.8. The van der Waals surface area contributed by atoms with Gasteiger partial charge in [0.25, 0.3) is 5.91 Å². The van der Waals surface area contributed by atoms with Gasteiger partial charge >= 0.3 is 11.9 Å². The number of benzene rings is 1. The molecular weight excluding hydrogens is 416 g/mol. The molecule has 0 saturated carbocycles. The maximum atomic E-state index is 12.8. The largest absolute Gasteiger partial charge is 0.497 e. The number of methoxy groups -OCH3 is 1. The molecule has 1 aliphatic heterocycles. The molecule has 2 aromatic rings. The molecule has 1 amide bonds. The van der Waals surface area contributed by atoms with Crippen molar-refractivity contribution in [3.63, 3.8) is 0 Å². The quantitative estimate of drug-likeness (QED) is 0.503. The summed E-state index contributed by atoms with van der Waals surface area (Å²) in [6, 6.07) is 7.65. The van der Waals surface area contributed by atoms with Crippen LogP contribution in [-0.4, -0.2) is 55.4 Å². The molecule has 1 aromatic heterocycles. The van der Waals surface area contributed by atoms with E-state index in [0.717, 1.165) is 22.0 Å². The van der Waals surface area contributed by atoms with Gasteiger partial charge < -0.3 is 14.9 Å². The highest BCUT2D eigenvalue weighted by Gasteiger charge is 2.40. The van der Waals surface area contributed by atoms with Gasteiger partial charge in [0.2, 0.25) is 0 Å². The zero-order chi connectivity index (χ0) is 21.1. The number of carboxylic acid groups (broad SMARTS) is 2. The first-order valence-corrected chi connectivity index (χ1v) is 9.69. The van der Waals surface area contributed by atoms with Gasteiger partial charge in [-0.25, -0.2) is 9.78 Å². The van der Waals surface area contributed by atoms with Gasteiger partial charge in [0.05, 0.1) is 23.2 Å². The molecule has 29 heavy (non-hydrogen) atoms. The average molecular weight is 432 g/mol. The predicted octanol–water partition coefficient (Wildman–Crippen LogP) is 2.76. The minimum absolute atomic E-state index is 0.0737. The van der Waals surface area contributed by atoms with Gasteiger partial charge in [-0.3, -0.25) is 14.5 Å². The average Bonchev–Trinajstić information content (AvgIpc) is 2.95. The monoisotopic (exact) mass is 432 g/mol. The Hall–Kier alpha value is -2.98. The van der Waals surface area contributed by atoms with Gasteiger partial charge in [-0.1, -0.05) is 30.0 Å². The zero-order valence-corrected chi connectivity index (χ0v) is 16.8. The van der Waals surface area contributed by atoms with Crippen molar-refractivity contribution in [2.45, 2.75) is 18.9 Å². The second-order valence-electron chi connectivity index (χ2n) is 6.13. The summed E-state index contributed by atoms with van der Waals surface area (Å²) in [5, 5.41) is 19.1. The summed E-state index contributed by atoms with van der Waals surface area (Å²) in [5.41, 5.74) is 1.22. The zero-order valence-electron chi connectivity index (χ0n) is 15.2. The van der Waals surface area contributed by atoms with Gasteiger partial charge in [0, 0.05) is 11.8 Å². The molecule has 1 saturated heterocycles. The Morgan fingerprint density at radius 2 is 2.07 bits per heavy atom. The highest BCUT2D eigenvalue weighted by Crippen LogP contribution is 2.35. The third kappa shape index (κ3) is 4.54. The highest BCUT2D eigenvalue weighted by molar-refractivity contribution is 8.26. The predicted molar refractivity (Wildman–Crippen MR) is 112 cm³/mol. The molecule has 1 fully saturated rings. The Bertz CT molecular complexity index is 1050. The molecule has 2 N–H and O–H groups in total. The first-order chi connectivity index (χ1) is 13.8. The van der Waals surface area contributed by atoms with E-state index >= 15 is 0 Å². The number of fused-ring (bicyclic) bond motifs is 1. The SMILES string of the molecule is COc1ccc2nc(/C=C3/SC(=S)N([C@@H](CCC(=O)O)C(=O)O)C3=O)ccc2c1. The van der Waals surface area contributed by atoms with Crippen LogP contribution in [0.15, 0.2) is 35.2 Å². The number of rotatable bonds is 7. The molecule has 1 aliphatic rings. The number of hydrogen-bond donors (Lipinski definition) is 2. The van der Waals surface area contributed by atoms with E-state index in [1.807, 2.05) is 12.1 Å². The lowest BCUT2D eigenvalue weighted by Crippen LogP contribution is -2.44. The fourth-order valence-corrected chi connectivity index (χ4v) is 4.17. The standard InChI is InChI=1S/C19H16N2O6S2/c1-27-12-4-5-13-10(8-12)2-3-11(20-13)9-15-17(24)21(19(28)29-15)14(18(25)26)6-7-16(22)23/h2-5,8-9,14H,6-7H2,1H3,(H,22,23)(H,25,26)/b15-9+/t14-/m0/s1. The summed E-state index contributed by atoms with van der Waals surface area (Å²) in [7, 11) is 1.58. The van der Waals surface area contributed by atoms with Crippen molar-refractivity contribution >= 4 is 63.1 Å². The molecule has 3 rings (SSSR count). The second kappa shape index (κ2) is 8.58. The third-order valence-corrected chi connectivity index (χ3v) is 5.58. The number of thioether (sulfide) groups is 1. The van der Waals surface area contributed by atoms with Crippen molar-refractivity contribution in [1.29, 1.82) is 0 Å². The molecule has 0 aliphatic carbocycles. The van der Waals surface area contributed by atoms with E-state index in [1.165, 1.54) is 0 Å². The Morgan fingerprint density at radius 1 is 1.31 bits per heavy atom. The van der Waals surface area contributed by atoms with Gasteiger partial charge in [-0.15, -0.1) is 0 Å². The molecule has 10 heteroatoms. The molecule has 0 spiro atoms. The van der Waals surface area contributed by atoms with Crippen LogP contribution in [0.1, 0.15) is 18.5 Å². The molecular formula is C19H16N2O6S2. The fourth-order valence-electron chi connectivity index (χ4n) is 2.83. The molecule has 1 aromatic carbocycles. The van der Waals surface area contributed by atoms with Crippen molar-refractivity contribution in [2.75, 3.05) is 7.11 Å². The minimum Gasteiger partial charge on any atom is -0.497 e. The molecule has 0 radical (unpaired) electrons. The smallest absolute Gasteiger partial charge is 0.326 e. The second-order valence-corrected chi connectivity index (χ2v) is 7.81. The van der Waals surface area contributed by atoms with E-state index < -0.39 is 23.9 Å². The number of hydrogen-bond acceptors (Lipinski definition) is 7. The van der Waals surface area contributed by atoms with Gasteiger partial charge in [-0.2, -0.15) is 0 Å². The summed E-state index contributed by atoms with van der Waals surface area (Å²) in [6.07, 6.45) is 0.919. The summed E-state index contributed by atoms with van der Waals surface area (Å²) >= 11 is 6.14. The minimum atomic E-state index is -1.33. The lowest BCUT2D eigenvalue weighted by Gasteiger charge is -2.22. The van der Waals surface area contributed by atoms with Crippen LogP contribution in [0.5, 0.6) is 5.75 Å². The van der Waals surface area contributed by atoms with E-state index in [9.17, 15) is 19.5 Å². The lowest BCUT2D eigenvalue weighted by atomic mass is 10.1. The Morgan fingerprint density at radius 3 is 2.72 bits per heavy atom. The fraction of sp³-hybridized carbons (Fsp3) is 0.211. The van der Waals surface area contributed by atoms with Crippen LogP contribution in [0.4, 0.5) is 0 Å². The van der Waals surface area contributed by atoms with E-state index in [4.69, 9.17) is 22.1 Å². The maximum Gasteiger partial charge on any atom is 0.326 e. The molecule has 1 atom stereocenters. The first kappa shape index (κ1) is 20.7. The van der Waals surface area contributed by atoms with Gasteiger partial charge in [-0.05, 0) is 36.8 Å². The number of ether oxygens (including phenoxy) is 1. The van der Waals surface area contributed by atoms with Crippen LogP contribution >= 0.6 is 24.0 Å². The first-order valence-electron chi connectivity index (χ1n) is 8.46. The number of pyridine rings is 1. The molecule has 0 bridgehead atoms. The number of nitrogens with zero attached hydrogens (tertiary/aromatic N) is 2. The molecule has 2 heterocycles. The summed E-state index contributed by atoms with van der Waals surface area (Å²) in [6.45, 7) is 0. The third-order valence-electron chi connectivity index (χ3n) is 4.25. The molecule has 150 valence electrons. The maximum absolute atomic E-state index is 12.8. The number of thiocarbonyl (C=S) groups is 1. The molecule has 8 nitrogen and oxygen atoms in total. The summed E-state index contributed by atoms with van der Waals surface area (Å²) in [5.74, 6) is -2.32. The van der Waals surface area contributed by atoms with Crippen LogP contribution in [0.2, 0.25) is 0 Å². The van der Waals surface area contributed by atoms with Crippen molar-refractivity contribution in [2.24, 2.45) is 0 Å². The van der Waals surface area contributed by atoms with Crippen molar-refractivity contribution in [3.05, 3.63) is 40.9 Å². The number of aliphatic carboxylic acids is 2.